The molecule has 2 heteroatoms. The van der Waals surface area contributed by atoms with E-state index in [0.717, 1.165) is 24.2 Å². The first kappa shape index (κ1) is 38.4. The molecular weight excluding hydrogens is 725 g/mol. The fraction of sp³-hybridized carbons (Fsp3) is 0.103. The topological polar surface area (TPSA) is 9.86 Å². The second-order valence-corrected chi connectivity index (χ2v) is 14.8. The summed E-state index contributed by atoms with van der Waals surface area (Å²) in [5, 5.41) is 5.08. The van der Waals surface area contributed by atoms with Gasteiger partial charge in [0.2, 0.25) is 0 Å². The number of fused-ring (bicyclic) bond motifs is 7. The lowest BCUT2D eigenvalue weighted by atomic mass is 9.94. The molecular formula is C58H50N2. The summed E-state index contributed by atoms with van der Waals surface area (Å²) in [5.74, 6) is 0. The summed E-state index contributed by atoms with van der Waals surface area (Å²) in [5.41, 5.74) is 17.1. The molecule has 0 fully saturated rings. The molecule has 292 valence electrons. The molecule has 0 bridgehead atoms. The SMILES string of the molecule is C1=CC(c2cccc(-c3ccc(-n4c5ccccc5c5c6c7ccccc7n(-c7ccc(-c8ccccc8-c8ccccc8)cc7)c6ccc54)cc3)c2)=CCC1.CC.CC. The molecule has 0 spiro atoms. The van der Waals surface area contributed by atoms with Crippen molar-refractivity contribution in [2.45, 2.75) is 40.5 Å². The number of allylic oxidation sites excluding steroid dienone is 4. The Labute approximate surface area is 354 Å². The molecule has 2 aromatic heterocycles. The Morgan fingerprint density at radius 1 is 0.350 bits per heavy atom. The molecule has 60 heavy (non-hydrogen) atoms. The van der Waals surface area contributed by atoms with Crippen LogP contribution >= 0.6 is 0 Å². The standard InChI is InChI=1S/C54H38N2.2C2H6/c1-3-14-37(15-4-1)41-18-13-19-42(36-41)38-26-30-43(31-27-38)55-49-24-11-9-22-47(49)53-51(55)34-35-52-54(53)48-23-10-12-25-50(48)56(52)44-32-28-40(29-33-44)46-21-8-7-20-45(46)39-16-5-2-6-17-39;2*1-2/h2-3,5-36H,1,4H2;2*1-2H3. The third-order valence-electron chi connectivity index (χ3n) is 11.6. The molecule has 10 aromatic rings. The van der Waals surface area contributed by atoms with Crippen LogP contribution in [0, 0.1) is 0 Å². The molecule has 0 unspecified atom stereocenters. The van der Waals surface area contributed by atoms with Crippen molar-refractivity contribution in [2.24, 2.45) is 0 Å². The number of aromatic nitrogens is 2. The maximum atomic E-state index is 2.44. The van der Waals surface area contributed by atoms with Crippen LogP contribution in [0.15, 0.2) is 206 Å². The Bertz CT molecular complexity index is 3150. The second-order valence-electron chi connectivity index (χ2n) is 14.8. The minimum Gasteiger partial charge on any atom is -0.309 e. The molecule has 0 radical (unpaired) electrons. The molecule has 0 N–H and O–H groups in total. The smallest absolute Gasteiger partial charge is 0.0548 e. The van der Waals surface area contributed by atoms with Crippen molar-refractivity contribution in [3.63, 3.8) is 0 Å². The lowest BCUT2D eigenvalue weighted by Crippen LogP contribution is -1.95. The van der Waals surface area contributed by atoms with Gasteiger partial charge < -0.3 is 9.13 Å². The lowest BCUT2D eigenvalue weighted by Gasteiger charge is -2.13. The van der Waals surface area contributed by atoms with Gasteiger partial charge in [-0.15, -0.1) is 0 Å². The summed E-state index contributed by atoms with van der Waals surface area (Å²) in [4.78, 5) is 0. The third-order valence-corrected chi connectivity index (χ3v) is 11.6. The van der Waals surface area contributed by atoms with Gasteiger partial charge in [0, 0.05) is 32.9 Å². The molecule has 2 heterocycles. The minimum absolute atomic E-state index is 1.11. The van der Waals surface area contributed by atoms with E-state index in [1.165, 1.54) is 88.1 Å². The highest BCUT2D eigenvalue weighted by molar-refractivity contribution is 6.28. The van der Waals surface area contributed by atoms with Crippen LogP contribution in [0.4, 0.5) is 0 Å². The first-order valence-electron chi connectivity index (χ1n) is 21.6. The monoisotopic (exact) mass is 774 g/mol. The zero-order chi connectivity index (χ0) is 41.0. The molecule has 2 nitrogen and oxygen atoms in total. The fourth-order valence-electron chi connectivity index (χ4n) is 8.98. The molecule has 1 aliphatic carbocycles. The van der Waals surface area contributed by atoms with Gasteiger partial charge in [-0.1, -0.05) is 179 Å². The van der Waals surface area contributed by atoms with Crippen molar-refractivity contribution in [3.8, 4) is 44.8 Å². The Hall–Kier alpha value is -7.16. The van der Waals surface area contributed by atoms with Crippen LogP contribution in [0.3, 0.4) is 0 Å². The number of para-hydroxylation sites is 2. The molecule has 0 atom stereocenters. The highest BCUT2D eigenvalue weighted by Gasteiger charge is 2.20. The van der Waals surface area contributed by atoms with Crippen LogP contribution in [0.2, 0.25) is 0 Å². The normalized spacial score (nSPS) is 12.2. The first-order valence-corrected chi connectivity index (χ1v) is 21.6. The summed E-state index contributed by atoms with van der Waals surface area (Å²) in [7, 11) is 0. The molecule has 0 aliphatic heterocycles. The van der Waals surface area contributed by atoms with E-state index in [4.69, 9.17) is 0 Å². The van der Waals surface area contributed by atoms with Gasteiger partial charge in [0.1, 0.15) is 0 Å². The number of nitrogens with zero attached hydrogens (tertiary/aromatic N) is 2. The first-order chi connectivity index (χ1) is 29.8. The molecule has 0 amide bonds. The van der Waals surface area contributed by atoms with Crippen LogP contribution in [0.25, 0.3) is 93.9 Å². The van der Waals surface area contributed by atoms with E-state index in [9.17, 15) is 0 Å². The van der Waals surface area contributed by atoms with Crippen LogP contribution < -0.4 is 0 Å². The summed E-state index contributed by atoms with van der Waals surface area (Å²) in [6.45, 7) is 8.00. The van der Waals surface area contributed by atoms with E-state index < -0.39 is 0 Å². The number of hydrogen-bond donors (Lipinski definition) is 0. The zero-order valence-electron chi connectivity index (χ0n) is 34.9. The average molecular weight is 775 g/mol. The van der Waals surface area contributed by atoms with E-state index in [1.54, 1.807) is 0 Å². The van der Waals surface area contributed by atoms with Crippen LogP contribution in [0.5, 0.6) is 0 Å². The van der Waals surface area contributed by atoms with Crippen LogP contribution in [-0.2, 0) is 0 Å². The Kier molecular flexibility index (Phi) is 10.9. The molecule has 0 saturated heterocycles. The van der Waals surface area contributed by atoms with Crippen LogP contribution in [0.1, 0.15) is 46.1 Å². The van der Waals surface area contributed by atoms with Crippen molar-refractivity contribution < 1.29 is 0 Å². The fourth-order valence-corrected chi connectivity index (χ4v) is 8.98. The van der Waals surface area contributed by atoms with E-state index in [0.29, 0.717) is 0 Å². The summed E-state index contributed by atoms with van der Waals surface area (Å²) < 4.78 is 4.87. The third kappa shape index (κ3) is 6.74. The van der Waals surface area contributed by atoms with E-state index >= 15 is 0 Å². The quantitative estimate of drug-likeness (QED) is 0.159. The maximum absolute atomic E-state index is 2.44. The predicted octanol–water partition coefficient (Wildman–Crippen LogP) is 16.7. The summed E-state index contributed by atoms with van der Waals surface area (Å²) in [6.07, 6.45) is 9.11. The molecule has 8 aromatic carbocycles. The van der Waals surface area contributed by atoms with Gasteiger partial charge in [-0.05, 0) is 112 Å². The number of benzene rings is 8. The molecule has 11 rings (SSSR count). The summed E-state index contributed by atoms with van der Waals surface area (Å²) in [6, 6.07) is 68.8. The molecule has 1 aliphatic rings. The van der Waals surface area contributed by atoms with Gasteiger partial charge in [-0.2, -0.15) is 0 Å². The minimum atomic E-state index is 1.11. The molecule has 0 saturated carbocycles. The number of rotatable bonds is 6. The highest BCUT2D eigenvalue weighted by atomic mass is 15.0. The van der Waals surface area contributed by atoms with Crippen molar-refractivity contribution in [3.05, 3.63) is 212 Å². The van der Waals surface area contributed by atoms with Gasteiger partial charge in [0.05, 0.1) is 22.1 Å². The van der Waals surface area contributed by atoms with Gasteiger partial charge in [-0.25, -0.2) is 0 Å². The average Bonchev–Trinajstić information content (AvgIpc) is 3.86. The lowest BCUT2D eigenvalue weighted by molar-refractivity contribution is 1.04. The van der Waals surface area contributed by atoms with Crippen molar-refractivity contribution in [2.75, 3.05) is 0 Å². The van der Waals surface area contributed by atoms with E-state index in [1.807, 2.05) is 27.7 Å². The largest absolute Gasteiger partial charge is 0.309 e. The number of hydrogen-bond acceptors (Lipinski definition) is 0. The second kappa shape index (κ2) is 17.0. The maximum Gasteiger partial charge on any atom is 0.0548 e. The van der Waals surface area contributed by atoms with Crippen molar-refractivity contribution >= 4 is 49.2 Å². The van der Waals surface area contributed by atoms with Gasteiger partial charge >= 0.3 is 0 Å². The Balaban J connectivity index is 0.00000112. The van der Waals surface area contributed by atoms with Crippen LogP contribution in [-0.4, -0.2) is 9.13 Å². The summed E-state index contributed by atoms with van der Waals surface area (Å²) >= 11 is 0. The van der Waals surface area contributed by atoms with Crippen molar-refractivity contribution in [1.29, 1.82) is 0 Å². The zero-order valence-corrected chi connectivity index (χ0v) is 34.9. The highest BCUT2D eigenvalue weighted by Crippen LogP contribution is 2.43. The van der Waals surface area contributed by atoms with Crippen molar-refractivity contribution in [1.82, 2.24) is 9.13 Å². The van der Waals surface area contributed by atoms with E-state index in [2.05, 4.69) is 215 Å². The van der Waals surface area contributed by atoms with E-state index in [-0.39, 0.29) is 0 Å². The predicted molar refractivity (Wildman–Crippen MR) is 260 cm³/mol. The van der Waals surface area contributed by atoms with Gasteiger partial charge in [-0.3, -0.25) is 0 Å². The Morgan fingerprint density at radius 2 is 0.817 bits per heavy atom. The van der Waals surface area contributed by atoms with Gasteiger partial charge in [0.25, 0.3) is 0 Å². The Morgan fingerprint density at radius 3 is 1.37 bits per heavy atom. The van der Waals surface area contributed by atoms with Gasteiger partial charge in [0.15, 0.2) is 0 Å².